The van der Waals surface area contributed by atoms with E-state index in [-0.39, 0.29) is 6.04 Å². The second-order valence-corrected chi connectivity index (χ2v) is 5.29. The molecule has 3 heterocycles. The lowest BCUT2D eigenvalue weighted by Crippen LogP contribution is -2.31. The van der Waals surface area contributed by atoms with Crippen molar-refractivity contribution in [2.45, 2.75) is 38.8 Å². The molecule has 0 radical (unpaired) electrons. The Labute approximate surface area is 115 Å². The number of rotatable bonds is 2. The van der Waals surface area contributed by atoms with Gasteiger partial charge in [-0.3, -0.25) is 4.68 Å². The summed E-state index contributed by atoms with van der Waals surface area (Å²) in [6.07, 6.45) is -0.248. The van der Waals surface area contributed by atoms with Crippen LogP contribution in [0.3, 0.4) is 0 Å². The van der Waals surface area contributed by atoms with Gasteiger partial charge in [-0.2, -0.15) is 10.2 Å². The van der Waals surface area contributed by atoms with Gasteiger partial charge < -0.3 is 5.32 Å². The Morgan fingerprint density at radius 1 is 1.35 bits per heavy atom. The Morgan fingerprint density at radius 2 is 2.10 bits per heavy atom. The molecule has 0 spiro atoms. The summed E-state index contributed by atoms with van der Waals surface area (Å²) in [5.74, 6) is 0.646. The molecule has 2 aromatic heterocycles. The Balaban J connectivity index is 1.99. The Kier molecular flexibility index (Phi) is 2.99. The van der Waals surface area contributed by atoms with Crippen LogP contribution in [0.2, 0.25) is 0 Å². The van der Waals surface area contributed by atoms with Crippen LogP contribution in [0.1, 0.15) is 35.5 Å². The lowest BCUT2D eigenvalue weighted by Gasteiger charge is -2.31. The molecule has 1 aliphatic heterocycles. The maximum atomic E-state index is 13.3. The maximum absolute atomic E-state index is 13.3. The molecule has 0 fully saturated rings. The van der Waals surface area contributed by atoms with Gasteiger partial charge in [-0.1, -0.05) is 0 Å². The molecule has 0 aliphatic carbocycles. The van der Waals surface area contributed by atoms with Crippen LogP contribution < -0.4 is 5.32 Å². The van der Waals surface area contributed by atoms with Crippen LogP contribution >= 0.6 is 0 Å². The van der Waals surface area contributed by atoms with E-state index in [2.05, 4.69) is 15.5 Å². The summed E-state index contributed by atoms with van der Waals surface area (Å²) in [5, 5.41) is 11.7. The van der Waals surface area contributed by atoms with Crippen LogP contribution in [0, 0.1) is 13.8 Å². The molecule has 1 aliphatic rings. The van der Waals surface area contributed by atoms with Crippen LogP contribution in [-0.2, 0) is 7.05 Å². The second-order valence-electron chi connectivity index (χ2n) is 5.29. The van der Waals surface area contributed by atoms with E-state index < -0.39 is 12.5 Å². The first-order valence-corrected chi connectivity index (χ1v) is 6.56. The minimum Gasteiger partial charge on any atom is -0.363 e. The predicted molar refractivity (Wildman–Crippen MR) is 70.9 cm³/mol. The summed E-state index contributed by atoms with van der Waals surface area (Å²) in [6, 6.07) is 0.739. The van der Waals surface area contributed by atoms with E-state index in [0.717, 1.165) is 17.0 Å². The average Bonchev–Trinajstić information content (AvgIpc) is 2.88. The van der Waals surface area contributed by atoms with Crippen molar-refractivity contribution in [2.24, 2.45) is 7.05 Å². The van der Waals surface area contributed by atoms with Crippen LogP contribution in [0.5, 0.6) is 0 Å². The molecule has 108 valence electrons. The van der Waals surface area contributed by atoms with Crippen LogP contribution in [0.4, 0.5) is 14.6 Å². The molecular formula is C13H17F2N5. The lowest BCUT2D eigenvalue weighted by atomic mass is 9.98. The average molecular weight is 281 g/mol. The van der Waals surface area contributed by atoms with Gasteiger partial charge in [-0.15, -0.1) is 0 Å². The third-order valence-corrected chi connectivity index (χ3v) is 3.69. The van der Waals surface area contributed by atoms with Crippen LogP contribution in [0.15, 0.2) is 12.3 Å². The fourth-order valence-electron chi connectivity index (χ4n) is 2.83. The Hall–Kier alpha value is -1.92. The zero-order valence-electron chi connectivity index (χ0n) is 11.6. The monoisotopic (exact) mass is 281 g/mol. The zero-order chi connectivity index (χ0) is 14.4. The standard InChI is InChI=1S/C13H17F2N5/c1-7-4-12-16-10(9-6-19(3)18-8(9)2)5-11(13(14)15)20(12)17-7/h4,6,10-11,13,16H,5H2,1-3H3. The predicted octanol–water partition coefficient (Wildman–Crippen LogP) is 2.60. The summed E-state index contributed by atoms with van der Waals surface area (Å²) >= 11 is 0. The number of nitrogens with zero attached hydrogens (tertiary/aromatic N) is 4. The van der Waals surface area contributed by atoms with Gasteiger partial charge in [-0.05, 0) is 20.3 Å². The first-order chi connectivity index (χ1) is 9.45. The van der Waals surface area contributed by atoms with Gasteiger partial charge in [-0.25, -0.2) is 13.5 Å². The molecule has 1 N–H and O–H groups in total. The SMILES string of the molecule is Cc1cc2n(n1)C(C(F)F)CC(c1cn(C)nc1C)N2. The minimum absolute atomic E-state index is 0.161. The fourth-order valence-corrected chi connectivity index (χ4v) is 2.83. The third kappa shape index (κ3) is 2.07. The van der Waals surface area contributed by atoms with Crippen molar-refractivity contribution in [1.29, 1.82) is 0 Å². The van der Waals surface area contributed by atoms with Gasteiger partial charge in [0.25, 0.3) is 6.43 Å². The molecule has 0 saturated carbocycles. The number of fused-ring (bicyclic) bond motifs is 1. The maximum Gasteiger partial charge on any atom is 0.260 e. The van der Waals surface area contributed by atoms with Crippen molar-refractivity contribution >= 4 is 5.82 Å². The highest BCUT2D eigenvalue weighted by molar-refractivity contribution is 5.43. The molecule has 2 atom stereocenters. The first-order valence-electron chi connectivity index (χ1n) is 6.56. The largest absolute Gasteiger partial charge is 0.363 e. The third-order valence-electron chi connectivity index (χ3n) is 3.69. The van der Waals surface area contributed by atoms with Gasteiger partial charge >= 0.3 is 0 Å². The van der Waals surface area contributed by atoms with E-state index in [1.54, 1.807) is 17.7 Å². The van der Waals surface area contributed by atoms with Gasteiger partial charge in [0.15, 0.2) is 0 Å². The number of hydrogen-bond donors (Lipinski definition) is 1. The van der Waals surface area contributed by atoms with Crippen molar-refractivity contribution in [3.05, 3.63) is 29.2 Å². The molecule has 0 bridgehead atoms. The van der Waals surface area contributed by atoms with Gasteiger partial charge in [0, 0.05) is 24.9 Å². The van der Waals surface area contributed by atoms with E-state index in [0.29, 0.717) is 12.2 Å². The topological polar surface area (TPSA) is 47.7 Å². The highest BCUT2D eigenvalue weighted by Crippen LogP contribution is 2.38. The number of halogens is 2. The number of hydrogen-bond acceptors (Lipinski definition) is 3. The molecular weight excluding hydrogens is 264 g/mol. The highest BCUT2D eigenvalue weighted by atomic mass is 19.3. The molecule has 2 aromatic rings. The molecule has 0 amide bonds. The fraction of sp³-hybridized carbons (Fsp3) is 0.538. The van der Waals surface area contributed by atoms with E-state index in [4.69, 9.17) is 0 Å². The van der Waals surface area contributed by atoms with Crippen LogP contribution in [-0.4, -0.2) is 26.0 Å². The molecule has 0 saturated heterocycles. The summed E-state index contributed by atoms with van der Waals surface area (Å²) in [4.78, 5) is 0. The zero-order valence-corrected chi connectivity index (χ0v) is 11.6. The minimum atomic E-state index is -2.44. The molecule has 7 heteroatoms. The van der Waals surface area contributed by atoms with Gasteiger partial charge in [0.05, 0.1) is 17.4 Å². The van der Waals surface area contributed by atoms with Crippen LogP contribution in [0.25, 0.3) is 0 Å². The molecule has 3 rings (SSSR count). The summed E-state index contributed by atoms with van der Waals surface area (Å²) in [7, 11) is 1.83. The second kappa shape index (κ2) is 4.57. The molecule has 5 nitrogen and oxygen atoms in total. The summed E-state index contributed by atoms with van der Waals surface area (Å²) < 4.78 is 29.7. The number of aromatic nitrogens is 4. The van der Waals surface area contributed by atoms with E-state index in [9.17, 15) is 8.78 Å². The number of alkyl halides is 2. The van der Waals surface area contributed by atoms with Crippen molar-refractivity contribution in [2.75, 3.05) is 5.32 Å². The lowest BCUT2D eigenvalue weighted by molar-refractivity contribution is 0.0657. The molecule has 2 unspecified atom stereocenters. The van der Waals surface area contributed by atoms with Crippen molar-refractivity contribution in [3.63, 3.8) is 0 Å². The normalized spacial score (nSPS) is 21.9. The highest BCUT2D eigenvalue weighted by Gasteiger charge is 2.35. The molecule has 0 aromatic carbocycles. The first kappa shape index (κ1) is 13.1. The Morgan fingerprint density at radius 3 is 2.70 bits per heavy atom. The number of nitrogens with one attached hydrogen (secondary N) is 1. The summed E-state index contributed by atoms with van der Waals surface area (Å²) in [6.45, 7) is 3.70. The quantitative estimate of drug-likeness (QED) is 0.920. The van der Waals surface area contributed by atoms with Gasteiger partial charge in [0.2, 0.25) is 0 Å². The molecule has 20 heavy (non-hydrogen) atoms. The Bertz CT molecular complexity index is 631. The van der Waals surface area contributed by atoms with E-state index >= 15 is 0 Å². The van der Waals surface area contributed by atoms with Crippen molar-refractivity contribution < 1.29 is 8.78 Å². The van der Waals surface area contributed by atoms with Gasteiger partial charge in [0.1, 0.15) is 11.9 Å². The number of anilines is 1. The smallest absolute Gasteiger partial charge is 0.260 e. The summed E-state index contributed by atoms with van der Waals surface area (Å²) in [5.41, 5.74) is 2.56. The van der Waals surface area contributed by atoms with E-state index in [1.165, 1.54) is 4.68 Å². The number of aryl methyl sites for hydroxylation is 3. The van der Waals surface area contributed by atoms with E-state index in [1.807, 2.05) is 20.2 Å². The van der Waals surface area contributed by atoms with Crippen molar-refractivity contribution in [3.8, 4) is 0 Å². The van der Waals surface area contributed by atoms with Crippen molar-refractivity contribution in [1.82, 2.24) is 19.6 Å².